The molecule has 0 aliphatic rings. The molecule has 0 aromatic carbocycles. The van der Waals surface area contributed by atoms with Crippen molar-refractivity contribution in [3.05, 3.63) is 0 Å². The number of hydrogen-bond acceptors (Lipinski definition) is 1. The smallest absolute Gasteiger partial charge is 0.00130 e. The van der Waals surface area contributed by atoms with Crippen molar-refractivity contribution in [3.63, 3.8) is 0 Å². The summed E-state index contributed by atoms with van der Waals surface area (Å²) in [7, 11) is 0. The van der Waals surface area contributed by atoms with Gasteiger partial charge in [0.2, 0.25) is 0 Å². The van der Waals surface area contributed by atoms with Crippen molar-refractivity contribution in [1.82, 2.24) is 0 Å². The van der Waals surface area contributed by atoms with Gasteiger partial charge in [-0.05, 0) is 25.2 Å². The van der Waals surface area contributed by atoms with Gasteiger partial charge in [-0.15, -0.1) is 0 Å². The molecule has 2 unspecified atom stereocenters. The second-order valence-corrected chi connectivity index (χ2v) is 4.29. The third-order valence-electron chi connectivity index (χ3n) is 2.01. The first-order valence-electron chi connectivity index (χ1n) is 4.78. The molecule has 0 saturated heterocycles. The highest BCUT2D eigenvalue weighted by Gasteiger charge is 2.05. The fourth-order valence-electron chi connectivity index (χ4n) is 1.37. The van der Waals surface area contributed by atoms with Crippen molar-refractivity contribution in [2.24, 2.45) is 17.6 Å². The first-order chi connectivity index (χ1) is 5.02. The Morgan fingerprint density at radius 3 is 1.91 bits per heavy atom. The highest BCUT2D eigenvalue weighted by Crippen LogP contribution is 2.15. The number of rotatable bonds is 5. The van der Waals surface area contributed by atoms with E-state index in [2.05, 4.69) is 27.7 Å². The molecule has 2 atom stereocenters. The number of hydrogen-bond donors (Lipinski definition) is 1. The van der Waals surface area contributed by atoms with Crippen molar-refractivity contribution >= 4 is 0 Å². The second kappa shape index (κ2) is 5.59. The standard InChI is InChI=1S/C10H23N/c1-8(2)5-6-9(3)7-10(4)11/h8-10H,5-7,11H2,1-4H3. The normalized spacial score (nSPS) is 16.9. The Bertz CT molecular complexity index is 86.9. The monoisotopic (exact) mass is 157 g/mol. The molecular weight excluding hydrogens is 134 g/mol. The lowest BCUT2D eigenvalue weighted by Crippen LogP contribution is -2.18. The maximum absolute atomic E-state index is 5.70. The fraction of sp³-hybridized carbons (Fsp3) is 1.00. The largest absolute Gasteiger partial charge is 0.328 e. The van der Waals surface area contributed by atoms with Crippen LogP contribution in [0.4, 0.5) is 0 Å². The van der Waals surface area contributed by atoms with E-state index in [9.17, 15) is 0 Å². The summed E-state index contributed by atoms with van der Waals surface area (Å²) in [4.78, 5) is 0. The Morgan fingerprint density at radius 2 is 1.55 bits per heavy atom. The number of nitrogens with two attached hydrogens (primary N) is 1. The Kier molecular flexibility index (Phi) is 5.57. The van der Waals surface area contributed by atoms with Crippen molar-refractivity contribution in [3.8, 4) is 0 Å². The van der Waals surface area contributed by atoms with E-state index in [1.165, 1.54) is 19.3 Å². The molecule has 0 spiro atoms. The average Bonchev–Trinajstić information content (AvgIpc) is 1.82. The van der Waals surface area contributed by atoms with Crippen LogP contribution in [0, 0.1) is 11.8 Å². The van der Waals surface area contributed by atoms with Gasteiger partial charge in [-0.2, -0.15) is 0 Å². The van der Waals surface area contributed by atoms with E-state index in [0.29, 0.717) is 6.04 Å². The summed E-state index contributed by atoms with van der Waals surface area (Å²) in [5.41, 5.74) is 5.70. The molecule has 0 aromatic heterocycles. The average molecular weight is 157 g/mol. The van der Waals surface area contributed by atoms with Gasteiger partial charge in [-0.1, -0.05) is 33.6 Å². The lowest BCUT2D eigenvalue weighted by atomic mass is 9.94. The molecule has 0 aliphatic heterocycles. The molecule has 1 nitrogen and oxygen atoms in total. The maximum Gasteiger partial charge on any atom is 0.00130 e. The van der Waals surface area contributed by atoms with Crippen molar-refractivity contribution in [1.29, 1.82) is 0 Å². The maximum atomic E-state index is 5.70. The van der Waals surface area contributed by atoms with Crippen LogP contribution < -0.4 is 5.73 Å². The molecule has 0 radical (unpaired) electrons. The summed E-state index contributed by atoms with van der Waals surface area (Å²) in [5.74, 6) is 1.64. The predicted molar refractivity (Wildman–Crippen MR) is 51.5 cm³/mol. The van der Waals surface area contributed by atoms with Crippen LogP contribution in [0.2, 0.25) is 0 Å². The van der Waals surface area contributed by atoms with Crippen LogP contribution in [0.5, 0.6) is 0 Å². The van der Waals surface area contributed by atoms with Crippen molar-refractivity contribution < 1.29 is 0 Å². The molecular formula is C10H23N. The molecule has 2 N–H and O–H groups in total. The minimum atomic E-state index is 0.372. The van der Waals surface area contributed by atoms with E-state index >= 15 is 0 Å². The van der Waals surface area contributed by atoms with E-state index < -0.39 is 0 Å². The zero-order chi connectivity index (χ0) is 8.85. The third-order valence-corrected chi connectivity index (χ3v) is 2.01. The molecule has 0 aliphatic carbocycles. The SMILES string of the molecule is CC(C)CCC(C)CC(C)N. The van der Waals surface area contributed by atoms with Crippen LogP contribution in [0.15, 0.2) is 0 Å². The molecule has 0 saturated carbocycles. The lowest BCUT2D eigenvalue weighted by Gasteiger charge is -2.14. The fourth-order valence-corrected chi connectivity index (χ4v) is 1.37. The topological polar surface area (TPSA) is 26.0 Å². The first kappa shape index (κ1) is 11.0. The van der Waals surface area contributed by atoms with Crippen molar-refractivity contribution in [2.75, 3.05) is 0 Å². The summed E-state index contributed by atoms with van der Waals surface area (Å²) in [6.45, 7) is 8.94. The van der Waals surface area contributed by atoms with Gasteiger partial charge < -0.3 is 5.73 Å². The molecule has 0 rings (SSSR count). The molecule has 0 heterocycles. The minimum absolute atomic E-state index is 0.372. The van der Waals surface area contributed by atoms with Crippen LogP contribution in [0.3, 0.4) is 0 Å². The van der Waals surface area contributed by atoms with Gasteiger partial charge in [0.25, 0.3) is 0 Å². The molecule has 11 heavy (non-hydrogen) atoms. The van der Waals surface area contributed by atoms with Crippen LogP contribution in [0.1, 0.15) is 47.0 Å². The van der Waals surface area contributed by atoms with Gasteiger partial charge in [0.1, 0.15) is 0 Å². The predicted octanol–water partition coefficient (Wildman–Crippen LogP) is 2.80. The van der Waals surface area contributed by atoms with Gasteiger partial charge in [0, 0.05) is 6.04 Å². The quantitative estimate of drug-likeness (QED) is 0.652. The molecule has 0 amide bonds. The van der Waals surface area contributed by atoms with Crippen LogP contribution in [-0.4, -0.2) is 6.04 Å². The van der Waals surface area contributed by atoms with Crippen LogP contribution in [-0.2, 0) is 0 Å². The Morgan fingerprint density at radius 1 is 1.00 bits per heavy atom. The molecule has 1 heteroatoms. The Balaban J connectivity index is 3.29. The van der Waals surface area contributed by atoms with E-state index in [0.717, 1.165) is 11.8 Å². The highest BCUT2D eigenvalue weighted by molar-refractivity contribution is 4.61. The van der Waals surface area contributed by atoms with E-state index in [-0.39, 0.29) is 0 Å². The highest BCUT2D eigenvalue weighted by atomic mass is 14.6. The Hall–Kier alpha value is -0.0400. The summed E-state index contributed by atoms with van der Waals surface area (Å²) < 4.78 is 0. The van der Waals surface area contributed by atoms with Gasteiger partial charge in [0.15, 0.2) is 0 Å². The van der Waals surface area contributed by atoms with Crippen molar-refractivity contribution in [2.45, 2.75) is 53.0 Å². The van der Waals surface area contributed by atoms with E-state index in [1.54, 1.807) is 0 Å². The summed E-state index contributed by atoms with van der Waals surface area (Å²) in [6.07, 6.45) is 3.85. The second-order valence-electron chi connectivity index (χ2n) is 4.29. The zero-order valence-electron chi connectivity index (χ0n) is 8.43. The summed E-state index contributed by atoms with van der Waals surface area (Å²) in [5, 5.41) is 0. The minimum Gasteiger partial charge on any atom is -0.328 e. The van der Waals surface area contributed by atoms with Crippen LogP contribution >= 0.6 is 0 Å². The molecule has 0 aromatic rings. The van der Waals surface area contributed by atoms with Gasteiger partial charge in [-0.3, -0.25) is 0 Å². The lowest BCUT2D eigenvalue weighted by molar-refractivity contribution is 0.405. The summed E-state index contributed by atoms with van der Waals surface area (Å²) >= 11 is 0. The van der Waals surface area contributed by atoms with Gasteiger partial charge >= 0.3 is 0 Å². The zero-order valence-corrected chi connectivity index (χ0v) is 8.43. The van der Waals surface area contributed by atoms with E-state index in [4.69, 9.17) is 5.73 Å². The molecule has 0 bridgehead atoms. The third kappa shape index (κ3) is 7.86. The van der Waals surface area contributed by atoms with E-state index in [1.807, 2.05) is 0 Å². The van der Waals surface area contributed by atoms with Gasteiger partial charge in [0.05, 0.1) is 0 Å². The first-order valence-corrected chi connectivity index (χ1v) is 4.78. The Labute approximate surface area is 71.4 Å². The van der Waals surface area contributed by atoms with Crippen LogP contribution in [0.25, 0.3) is 0 Å². The summed E-state index contributed by atoms with van der Waals surface area (Å²) in [6, 6.07) is 0.372. The molecule has 68 valence electrons. The molecule has 0 fully saturated rings. The van der Waals surface area contributed by atoms with Gasteiger partial charge in [-0.25, -0.2) is 0 Å².